The highest BCUT2D eigenvalue weighted by Gasteiger charge is 2.12. The Balaban J connectivity index is 2.51. The number of nitriles is 1. The average Bonchev–Trinajstić information content (AvgIpc) is 2.46. The van der Waals surface area contributed by atoms with Gasteiger partial charge in [0.15, 0.2) is 4.77 Å². The number of rotatable bonds is 3. The summed E-state index contributed by atoms with van der Waals surface area (Å²) in [7, 11) is 1.68. The van der Waals surface area contributed by atoms with Crippen molar-refractivity contribution in [2.24, 2.45) is 0 Å². The summed E-state index contributed by atoms with van der Waals surface area (Å²) >= 11 is 5.07. The topological polar surface area (TPSA) is 93.6 Å². The van der Waals surface area contributed by atoms with Crippen LogP contribution in [0.15, 0.2) is 24.3 Å². The van der Waals surface area contributed by atoms with Gasteiger partial charge in [-0.1, -0.05) is 12.1 Å². The maximum Gasteiger partial charge on any atom is 0.221 e. The number of amides is 1. The van der Waals surface area contributed by atoms with Gasteiger partial charge in [-0.2, -0.15) is 5.26 Å². The van der Waals surface area contributed by atoms with E-state index < -0.39 is 0 Å². The van der Waals surface area contributed by atoms with E-state index in [-0.39, 0.29) is 5.91 Å². The first-order valence-corrected chi connectivity index (χ1v) is 6.56. The van der Waals surface area contributed by atoms with E-state index in [9.17, 15) is 10.1 Å². The van der Waals surface area contributed by atoms with Crippen LogP contribution in [0.5, 0.6) is 0 Å². The van der Waals surface area contributed by atoms with Crippen molar-refractivity contribution in [1.29, 1.82) is 5.26 Å². The van der Waals surface area contributed by atoms with Gasteiger partial charge in [0.25, 0.3) is 0 Å². The number of carbonyl (C=O) groups excluding carboxylic acids is 1. The lowest BCUT2D eigenvalue weighted by Gasteiger charge is -2.09. The summed E-state index contributed by atoms with van der Waals surface area (Å²) < 4.78 is 0.291. The molecule has 0 fully saturated rings. The lowest BCUT2D eigenvalue weighted by atomic mass is 10.1. The second-order valence-electron chi connectivity index (χ2n) is 4.26. The van der Waals surface area contributed by atoms with Crippen molar-refractivity contribution in [3.8, 4) is 17.3 Å². The van der Waals surface area contributed by atoms with E-state index in [0.717, 1.165) is 5.56 Å². The Hall–Kier alpha value is -2.72. The quantitative estimate of drug-likeness (QED) is 0.758. The van der Waals surface area contributed by atoms with Crippen LogP contribution in [0.3, 0.4) is 0 Å². The number of H-pyrrole nitrogens is 1. The van der Waals surface area contributed by atoms with Crippen LogP contribution in [0.4, 0.5) is 11.5 Å². The Morgan fingerprint density at radius 2 is 2.05 bits per heavy atom. The highest BCUT2D eigenvalue weighted by molar-refractivity contribution is 7.71. The highest BCUT2D eigenvalue weighted by atomic mass is 32.1. The lowest BCUT2D eigenvalue weighted by molar-refractivity contribution is -0.114. The Morgan fingerprint density at radius 3 is 2.57 bits per heavy atom. The lowest BCUT2D eigenvalue weighted by Crippen LogP contribution is -2.05. The maximum atomic E-state index is 11.0. The molecule has 0 aliphatic rings. The van der Waals surface area contributed by atoms with E-state index in [0.29, 0.717) is 27.5 Å². The van der Waals surface area contributed by atoms with Gasteiger partial charge in [-0.15, -0.1) is 0 Å². The summed E-state index contributed by atoms with van der Waals surface area (Å²) in [5.41, 5.74) is 2.45. The molecule has 1 aromatic carbocycles. The molecule has 2 rings (SSSR count). The van der Waals surface area contributed by atoms with Crippen molar-refractivity contribution in [2.75, 3.05) is 17.7 Å². The highest BCUT2D eigenvalue weighted by Crippen LogP contribution is 2.26. The number of nitrogens with one attached hydrogen (secondary N) is 3. The summed E-state index contributed by atoms with van der Waals surface area (Å²) in [6, 6.07) is 9.23. The zero-order chi connectivity index (χ0) is 15.4. The number of hydrogen-bond donors (Lipinski definition) is 3. The van der Waals surface area contributed by atoms with Gasteiger partial charge < -0.3 is 15.6 Å². The maximum absolute atomic E-state index is 11.0. The van der Waals surface area contributed by atoms with E-state index in [1.54, 1.807) is 31.3 Å². The molecule has 0 saturated carbocycles. The fourth-order valence-corrected chi connectivity index (χ4v) is 2.10. The van der Waals surface area contributed by atoms with E-state index >= 15 is 0 Å². The molecule has 0 radical (unpaired) electrons. The normalized spacial score (nSPS) is 9.76. The van der Waals surface area contributed by atoms with Crippen LogP contribution in [-0.4, -0.2) is 22.9 Å². The molecule has 1 aromatic heterocycles. The van der Waals surface area contributed by atoms with Crippen molar-refractivity contribution < 1.29 is 4.79 Å². The number of carbonyl (C=O) groups is 1. The summed E-state index contributed by atoms with van der Waals surface area (Å²) in [5, 5.41) is 14.9. The van der Waals surface area contributed by atoms with Gasteiger partial charge in [-0.05, 0) is 29.9 Å². The molecule has 7 heteroatoms. The molecule has 0 bridgehead atoms. The Morgan fingerprint density at radius 1 is 1.38 bits per heavy atom. The van der Waals surface area contributed by atoms with Gasteiger partial charge in [0.1, 0.15) is 17.5 Å². The molecule has 1 heterocycles. The summed E-state index contributed by atoms with van der Waals surface area (Å²) in [5.74, 6) is 0.295. The molecule has 21 heavy (non-hydrogen) atoms. The fraction of sp³-hybridized carbons (Fsp3) is 0.143. The van der Waals surface area contributed by atoms with E-state index in [4.69, 9.17) is 12.2 Å². The first-order chi connectivity index (χ1) is 10.0. The summed E-state index contributed by atoms with van der Waals surface area (Å²) in [6.45, 7) is 1.45. The number of anilines is 2. The number of benzene rings is 1. The van der Waals surface area contributed by atoms with E-state index in [1.165, 1.54) is 6.92 Å². The molecular formula is C14H13N5OS. The number of nitrogens with zero attached hydrogens (tertiary/aromatic N) is 2. The van der Waals surface area contributed by atoms with Gasteiger partial charge in [-0.3, -0.25) is 4.79 Å². The fourth-order valence-electron chi connectivity index (χ4n) is 1.90. The minimum atomic E-state index is -0.138. The molecule has 6 nitrogen and oxygen atoms in total. The molecular weight excluding hydrogens is 286 g/mol. The second kappa shape index (κ2) is 6.15. The van der Waals surface area contributed by atoms with E-state index in [1.807, 2.05) is 0 Å². The third-order valence-electron chi connectivity index (χ3n) is 2.77. The zero-order valence-electron chi connectivity index (χ0n) is 11.5. The van der Waals surface area contributed by atoms with Crippen molar-refractivity contribution in [3.63, 3.8) is 0 Å². The molecule has 1 amide bonds. The monoisotopic (exact) mass is 299 g/mol. The van der Waals surface area contributed by atoms with Gasteiger partial charge >= 0.3 is 0 Å². The Labute approximate surface area is 126 Å². The van der Waals surface area contributed by atoms with Crippen LogP contribution in [0.1, 0.15) is 12.5 Å². The van der Waals surface area contributed by atoms with Crippen molar-refractivity contribution in [2.45, 2.75) is 6.92 Å². The predicted molar refractivity (Wildman–Crippen MR) is 83.4 cm³/mol. The Bertz CT molecular complexity index is 773. The predicted octanol–water partition coefficient (Wildman–Crippen LogP) is 2.68. The largest absolute Gasteiger partial charge is 0.372 e. The molecule has 0 atom stereocenters. The van der Waals surface area contributed by atoms with Crippen LogP contribution in [0, 0.1) is 16.1 Å². The number of hydrogen-bond acceptors (Lipinski definition) is 5. The molecule has 106 valence electrons. The summed E-state index contributed by atoms with van der Waals surface area (Å²) in [4.78, 5) is 18.0. The van der Waals surface area contributed by atoms with Gasteiger partial charge in [-0.25, -0.2) is 4.98 Å². The van der Waals surface area contributed by atoms with Crippen LogP contribution in [0.2, 0.25) is 0 Å². The second-order valence-corrected chi connectivity index (χ2v) is 4.65. The molecule has 0 aliphatic heterocycles. The molecule has 3 N–H and O–H groups in total. The smallest absolute Gasteiger partial charge is 0.221 e. The minimum absolute atomic E-state index is 0.138. The van der Waals surface area contributed by atoms with Crippen LogP contribution in [-0.2, 0) is 4.79 Å². The SMILES string of the molecule is CNc1nc(=S)[nH]c(-c2ccc(NC(C)=O)cc2)c1C#N. The zero-order valence-corrected chi connectivity index (χ0v) is 12.3. The summed E-state index contributed by atoms with van der Waals surface area (Å²) in [6.07, 6.45) is 0. The minimum Gasteiger partial charge on any atom is -0.372 e. The first-order valence-electron chi connectivity index (χ1n) is 6.15. The molecule has 0 aliphatic carbocycles. The van der Waals surface area contributed by atoms with Crippen LogP contribution < -0.4 is 10.6 Å². The number of aromatic amines is 1. The van der Waals surface area contributed by atoms with E-state index in [2.05, 4.69) is 26.7 Å². The van der Waals surface area contributed by atoms with Gasteiger partial charge in [0.2, 0.25) is 5.91 Å². The number of aromatic nitrogens is 2. The van der Waals surface area contributed by atoms with Gasteiger partial charge in [0.05, 0.1) is 5.69 Å². The average molecular weight is 299 g/mol. The van der Waals surface area contributed by atoms with Crippen LogP contribution in [0.25, 0.3) is 11.3 Å². The Kier molecular flexibility index (Phi) is 4.30. The molecule has 2 aromatic rings. The van der Waals surface area contributed by atoms with Crippen LogP contribution >= 0.6 is 12.2 Å². The van der Waals surface area contributed by atoms with Crippen molar-refractivity contribution in [1.82, 2.24) is 9.97 Å². The first kappa shape index (κ1) is 14.7. The third kappa shape index (κ3) is 3.24. The molecule has 0 spiro atoms. The van der Waals surface area contributed by atoms with Crippen molar-refractivity contribution >= 4 is 29.6 Å². The van der Waals surface area contributed by atoms with Crippen molar-refractivity contribution in [3.05, 3.63) is 34.6 Å². The van der Waals surface area contributed by atoms with Gasteiger partial charge in [0, 0.05) is 19.7 Å². The standard InChI is InChI=1S/C14H13N5OS/c1-8(20)17-10-5-3-9(4-6-10)12-11(7-15)13(16-2)19-14(21)18-12/h3-6H,1-2H3,(H,17,20)(H2,16,18,19,21). The molecule has 0 unspecified atom stereocenters. The molecule has 0 saturated heterocycles. The third-order valence-corrected chi connectivity index (χ3v) is 2.97.